The largest absolute Gasteiger partial charge is 0.494 e. The predicted octanol–water partition coefficient (Wildman–Crippen LogP) is 23.0. The van der Waals surface area contributed by atoms with Crippen LogP contribution in [0.4, 0.5) is 77.3 Å². The molecule has 4 saturated heterocycles. The fraction of sp³-hybridized carbons (Fsp3) is 0.274. The van der Waals surface area contributed by atoms with Gasteiger partial charge in [-0.05, 0) is 326 Å². The van der Waals surface area contributed by atoms with E-state index in [4.69, 9.17) is 47.8 Å². The maximum atomic E-state index is 14.6. The van der Waals surface area contributed by atoms with E-state index in [0.717, 1.165) is 67.4 Å². The Balaban J connectivity index is 0.000000133. The molecule has 4 aliphatic heterocycles. The van der Waals surface area contributed by atoms with Gasteiger partial charge in [0.05, 0.1) is 79.4 Å². The second-order valence-corrected chi connectivity index (χ2v) is 37.6. The van der Waals surface area contributed by atoms with Gasteiger partial charge in [0, 0.05) is 56.6 Å². The van der Waals surface area contributed by atoms with Crippen molar-refractivity contribution in [2.24, 2.45) is 0 Å². The van der Waals surface area contributed by atoms with Crippen molar-refractivity contribution in [3.63, 3.8) is 0 Å². The Bertz CT molecular complexity index is 6070. The third kappa shape index (κ3) is 18.8. The van der Waals surface area contributed by atoms with Gasteiger partial charge < -0.3 is 51.9 Å². The molecule has 23 heteroatoms. The van der Waals surface area contributed by atoms with Crippen molar-refractivity contribution in [1.29, 1.82) is 10.5 Å². The predicted molar refractivity (Wildman–Crippen MR) is 517 cm³/mol. The van der Waals surface area contributed by atoms with Gasteiger partial charge in [-0.3, -0.25) is 4.90 Å². The van der Waals surface area contributed by atoms with Crippen molar-refractivity contribution in [2.75, 3.05) is 19.6 Å². The van der Waals surface area contributed by atoms with E-state index in [-0.39, 0.29) is 46.3 Å². The normalized spacial score (nSPS) is 17.3. The topological polar surface area (TPSA) is 173 Å². The van der Waals surface area contributed by atoms with Crippen LogP contribution in [0.25, 0.3) is 11.1 Å². The summed E-state index contributed by atoms with van der Waals surface area (Å²) in [6, 6.07) is 100. The number of hydrogen-bond acceptors (Lipinski definition) is 17. The van der Waals surface area contributed by atoms with Crippen LogP contribution in [0.15, 0.2) is 297 Å². The van der Waals surface area contributed by atoms with Crippen molar-refractivity contribution < 1.29 is 46.0 Å². The number of hydrogen-bond donors (Lipinski definition) is 0. The molecule has 0 radical (unpaired) electrons. The van der Waals surface area contributed by atoms with Gasteiger partial charge >= 0.3 is 28.5 Å². The van der Waals surface area contributed by atoms with Gasteiger partial charge in [0.25, 0.3) is 0 Å². The summed E-state index contributed by atoms with van der Waals surface area (Å²) < 4.78 is 78.8. The Morgan fingerprint density at radius 2 is 0.519 bits per heavy atom. The maximum Gasteiger partial charge on any atom is 0.494 e. The van der Waals surface area contributed by atoms with Crippen molar-refractivity contribution in [2.45, 2.75) is 189 Å². The lowest BCUT2D eigenvalue weighted by Gasteiger charge is -2.32. The van der Waals surface area contributed by atoms with Crippen LogP contribution in [0.1, 0.15) is 159 Å². The fourth-order valence-corrected chi connectivity index (χ4v) is 16.0. The summed E-state index contributed by atoms with van der Waals surface area (Å²) in [4.78, 5) is 21.5. The van der Waals surface area contributed by atoms with Gasteiger partial charge in [0.1, 0.15) is 23.3 Å². The molecule has 0 amide bonds. The molecule has 4 fully saturated rings. The summed E-state index contributed by atoms with van der Waals surface area (Å²) in [5.41, 5.74) is 16.5. The van der Waals surface area contributed by atoms with E-state index in [1.54, 1.807) is 65.6 Å². The molecule has 0 bridgehead atoms. The first-order valence-corrected chi connectivity index (χ1v) is 43.7. The van der Waals surface area contributed by atoms with E-state index in [0.29, 0.717) is 34.4 Å². The Morgan fingerprint density at radius 1 is 0.264 bits per heavy atom. The van der Waals surface area contributed by atoms with Crippen LogP contribution >= 0.6 is 0 Å². The lowest BCUT2D eigenvalue weighted by Crippen LogP contribution is -2.41. The molecule has 12 aromatic carbocycles. The zero-order chi connectivity index (χ0) is 92.0. The molecule has 5 aliphatic rings. The summed E-state index contributed by atoms with van der Waals surface area (Å²) in [6.07, 6.45) is 0. The minimum atomic E-state index is -0.501. The minimum absolute atomic E-state index is 0.0507. The molecule has 652 valence electrons. The van der Waals surface area contributed by atoms with Crippen LogP contribution in [0.5, 0.6) is 0 Å². The highest BCUT2D eigenvalue weighted by Gasteiger charge is 2.55. The summed E-state index contributed by atoms with van der Waals surface area (Å²) >= 11 is 0. The minimum Gasteiger partial charge on any atom is -0.399 e. The fourth-order valence-electron chi connectivity index (χ4n) is 16.0. The number of benzene rings is 12. The molecule has 0 spiro atoms. The third-order valence-electron chi connectivity index (χ3n) is 26.3. The molecule has 0 N–H and O–H groups in total. The smallest absolute Gasteiger partial charge is 0.399 e. The SMILES string of the molecule is CC1(C)OB(c2ccc(N(c3ccc(C#N)cc3)c3ccc(C#N)cc3)cc2)OC1(C)C.CC1(C)OB(c2ccc(N(c3ccccc3F)c3ccccc3F)cc2)OC1(C)C.CC1(C)c2ccccc2-c2ccc(N(c3ccccc3)c3ccc(B4OC(C)(C)C(C)(C)O4)cc3)cc21.Cc1nc(C)nc(N(c2ccccc2)c2ccc(B3OC(C)(C)C(C)(C)O3)cc2)n1. The van der Waals surface area contributed by atoms with Gasteiger partial charge in [-0.15, -0.1) is 0 Å². The second-order valence-electron chi connectivity index (χ2n) is 37.6. The summed E-state index contributed by atoms with van der Waals surface area (Å²) in [5.74, 6) is 1.10. The lowest BCUT2D eigenvalue weighted by molar-refractivity contribution is 0.00578. The average Bonchev–Trinajstić information content (AvgIpc) is 1.58. The number of para-hydroxylation sites is 4. The Hall–Kier alpha value is -12.4. The van der Waals surface area contributed by atoms with Crippen molar-refractivity contribution in [3.8, 4) is 23.3 Å². The molecular weight excluding hydrogens is 1610 g/mol. The highest BCUT2D eigenvalue weighted by atomic mass is 19.1. The third-order valence-corrected chi connectivity index (χ3v) is 26.3. The molecule has 13 aromatic rings. The Morgan fingerprint density at radius 3 is 0.853 bits per heavy atom. The van der Waals surface area contributed by atoms with Crippen molar-refractivity contribution in [3.05, 3.63) is 343 Å². The number of aryl methyl sites for hydroxylation is 2. The van der Waals surface area contributed by atoms with Gasteiger partial charge in [-0.1, -0.05) is 153 Å². The van der Waals surface area contributed by atoms with Crippen LogP contribution in [0, 0.1) is 48.1 Å². The first-order chi connectivity index (χ1) is 61.2. The second kappa shape index (κ2) is 35.9. The van der Waals surface area contributed by atoms with E-state index in [1.807, 2.05) is 202 Å². The molecule has 18 rings (SSSR count). The van der Waals surface area contributed by atoms with Gasteiger partial charge in [-0.25, -0.2) is 13.8 Å². The molecule has 1 aliphatic carbocycles. The number of aromatic nitrogens is 3. The van der Waals surface area contributed by atoms with E-state index in [1.165, 1.54) is 34.4 Å². The summed E-state index contributed by atoms with van der Waals surface area (Å²) in [7, 11) is -1.69. The molecule has 5 heterocycles. The van der Waals surface area contributed by atoms with Crippen LogP contribution in [0.2, 0.25) is 0 Å². The molecule has 0 atom stereocenters. The Kier molecular flexibility index (Phi) is 25.5. The molecular formula is C106H109B4F2N9O8. The van der Waals surface area contributed by atoms with Crippen LogP contribution < -0.4 is 41.5 Å². The number of fused-ring (bicyclic) bond motifs is 3. The first kappa shape index (κ1) is 91.4. The number of halogens is 2. The monoisotopic (exact) mass is 1720 g/mol. The van der Waals surface area contributed by atoms with Crippen LogP contribution in [0.3, 0.4) is 0 Å². The highest BCUT2D eigenvalue weighted by molar-refractivity contribution is 6.63. The molecule has 129 heavy (non-hydrogen) atoms. The van der Waals surface area contributed by atoms with E-state index >= 15 is 0 Å². The van der Waals surface area contributed by atoms with Crippen molar-refractivity contribution in [1.82, 2.24) is 15.0 Å². The van der Waals surface area contributed by atoms with E-state index in [2.05, 4.69) is 203 Å². The number of anilines is 12. The van der Waals surface area contributed by atoms with Crippen molar-refractivity contribution >= 4 is 119 Å². The molecule has 0 unspecified atom stereocenters. The number of nitrogens with zero attached hydrogens (tertiary/aromatic N) is 9. The standard InChI is InChI=1S/C33H34BNO2.C26H24BN3O2.C24H24BF2NO2.C23H27BN4O2/c1-31(2)29-15-11-10-14-27(29)28-21-20-26(22-30(28)31)35(24-12-8-7-9-13-24)25-18-16-23(17-19-25)34-36-32(3,4)33(5,6)37-34;1-25(2)26(3,4)32-27(31-25)21-9-15-24(16-10-21)30(22-11-5-19(17-28)6-12-22)23-13-7-20(18-29)8-14-23;1-23(2)24(3,4)30-25(29-23)17-13-15-18(16-14-17)28(21-11-7-5-9-19(21)26)22-12-8-6-10-20(22)27;1-16-25-17(2)27-21(26-16)28(19-10-8-7-9-11-19)20-14-12-18(13-15-20)24-29-22(3,4)23(5,6)30-24/h7-22H,1-6H3;5-16H,1-4H3;5-16H,1-4H3;7-15H,1-6H3. The van der Waals surface area contributed by atoms with Gasteiger partial charge in [0.2, 0.25) is 5.95 Å². The number of rotatable bonds is 16. The lowest BCUT2D eigenvalue weighted by atomic mass is 9.79. The summed E-state index contributed by atoms with van der Waals surface area (Å²) in [5, 5.41) is 18.3. The molecule has 1 aromatic heterocycles. The van der Waals surface area contributed by atoms with E-state index in [9.17, 15) is 8.78 Å². The van der Waals surface area contributed by atoms with Gasteiger partial charge in [0.15, 0.2) is 0 Å². The van der Waals surface area contributed by atoms with Gasteiger partial charge in [-0.2, -0.15) is 20.5 Å². The summed E-state index contributed by atoms with van der Waals surface area (Å²) in [6.45, 7) is 41.2. The zero-order valence-electron chi connectivity index (χ0n) is 77.1. The van der Waals surface area contributed by atoms with E-state index < -0.39 is 55.4 Å². The Labute approximate surface area is 760 Å². The maximum absolute atomic E-state index is 14.6. The van der Waals surface area contributed by atoms with Crippen LogP contribution in [-0.2, 0) is 42.6 Å². The molecule has 0 saturated carbocycles. The highest BCUT2D eigenvalue weighted by Crippen LogP contribution is 2.52. The number of nitriles is 2. The quantitative estimate of drug-likeness (QED) is 0.0835. The zero-order valence-corrected chi connectivity index (χ0v) is 77.1. The van der Waals surface area contributed by atoms with Crippen LogP contribution in [-0.4, -0.2) is 88.2 Å². The average molecular weight is 1720 g/mol. The first-order valence-electron chi connectivity index (χ1n) is 43.7. The molecule has 17 nitrogen and oxygen atoms in total.